The van der Waals surface area contributed by atoms with E-state index in [2.05, 4.69) is 5.32 Å². The molecule has 0 spiro atoms. The molecule has 18 heteroatoms. The summed E-state index contributed by atoms with van der Waals surface area (Å²) in [6, 6.07) is -0.592. The SMILES string of the molecule is CN(C)C(=O)Nc1c(I)c(C(=O)N(CC(O)CO)CC(O)CO)c(I)c(C(=O)N(CC(O)CO)CC(O)CO)c1I. The van der Waals surface area contributed by atoms with Crippen LogP contribution in [0.3, 0.4) is 0 Å². The molecule has 0 aliphatic carbocycles. The zero-order valence-electron chi connectivity index (χ0n) is 22.2. The van der Waals surface area contributed by atoms with E-state index in [0.29, 0.717) is 0 Å². The average Bonchev–Trinajstić information content (AvgIpc) is 2.93. The highest BCUT2D eigenvalue weighted by Crippen LogP contribution is 2.37. The minimum atomic E-state index is -1.39. The molecule has 0 aromatic heterocycles. The highest BCUT2D eigenvalue weighted by atomic mass is 127. The van der Waals surface area contributed by atoms with Crippen LogP contribution in [0.4, 0.5) is 10.5 Å². The van der Waals surface area contributed by atoms with Crippen molar-refractivity contribution < 1.29 is 55.2 Å². The molecule has 0 fully saturated rings. The van der Waals surface area contributed by atoms with Crippen LogP contribution in [0.2, 0.25) is 0 Å². The summed E-state index contributed by atoms with van der Waals surface area (Å²) in [5.74, 6) is -1.61. The summed E-state index contributed by atoms with van der Waals surface area (Å²) in [5.41, 5.74) is -0.137. The Balaban J connectivity index is 3.96. The molecular weight excluding hydrogens is 889 g/mol. The van der Waals surface area contributed by atoms with E-state index in [1.165, 1.54) is 19.0 Å². The molecule has 0 bridgehead atoms. The van der Waals surface area contributed by atoms with Gasteiger partial charge in [0.2, 0.25) is 0 Å². The van der Waals surface area contributed by atoms with Gasteiger partial charge in [0.05, 0.1) is 74.8 Å². The molecule has 1 aromatic carbocycles. The number of carbonyl (C=O) groups excluding carboxylic acids is 3. The lowest BCUT2D eigenvalue weighted by molar-refractivity contribution is 0.0204. The third kappa shape index (κ3) is 10.8. The number of hydrogen-bond acceptors (Lipinski definition) is 11. The van der Waals surface area contributed by atoms with Crippen LogP contribution < -0.4 is 5.32 Å². The maximum atomic E-state index is 13.9. The van der Waals surface area contributed by atoms with Crippen LogP contribution in [0, 0.1) is 10.7 Å². The Bertz CT molecular complexity index is 975. The van der Waals surface area contributed by atoms with Gasteiger partial charge in [-0.3, -0.25) is 9.59 Å². The van der Waals surface area contributed by atoms with Gasteiger partial charge in [-0.05, 0) is 67.8 Å². The Hall–Kier alpha value is -0.700. The molecule has 0 aliphatic rings. The minimum absolute atomic E-state index is 0.0766. The Morgan fingerprint density at radius 2 is 0.927 bits per heavy atom. The van der Waals surface area contributed by atoms with Crippen LogP contribution in [0.15, 0.2) is 0 Å². The molecule has 0 saturated heterocycles. The number of carbonyl (C=O) groups is 3. The number of rotatable bonds is 15. The first-order valence-corrected chi connectivity index (χ1v) is 15.3. The number of hydrogen-bond donors (Lipinski definition) is 9. The van der Waals surface area contributed by atoms with Gasteiger partial charge in [-0.1, -0.05) is 0 Å². The average molecular weight is 924 g/mol. The highest BCUT2D eigenvalue weighted by molar-refractivity contribution is 14.1. The minimum Gasteiger partial charge on any atom is -0.394 e. The van der Waals surface area contributed by atoms with Crippen molar-refractivity contribution in [3.8, 4) is 0 Å². The molecule has 4 atom stereocenters. The molecule has 0 radical (unpaired) electrons. The predicted molar refractivity (Wildman–Crippen MR) is 171 cm³/mol. The van der Waals surface area contributed by atoms with Gasteiger partial charge in [-0.15, -0.1) is 0 Å². The number of nitrogens with one attached hydrogen (secondary N) is 1. The largest absolute Gasteiger partial charge is 0.394 e. The topological polar surface area (TPSA) is 235 Å². The van der Waals surface area contributed by atoms with Crippen LogP contribution in [0.1, 0.15) is 20.7 Å². The predicted octanol–water partition coefficient (Wildman–Crippen LogP) is -2.11. The third-order valence-corrected chi connectivity index (χ3v) is 8.76. The quantitative estimate of drug-likeness (QED) is 0.0865. The van der Waals surface area contributed by atoms with Crippen LogP contribution in [0.25, 0.3) is 0 Å². The van der Waals surface area contributed by atoms with Crippen LogP contribution in [0.5, 0.6) is 0 Å². The fourth-order valence-corrected chi connectivity index (χ4v) is 7.77. The van der Waals surface area contributed by atoms with Crippen molar-refractivity contribution in [2.45, 2.75) is 24.4 Å². The Morgan fingerprint density at radius 1 is 0.634 bits per heavy atom. The molecule has 234 valence electrons. The van der Waals surface area contributed by atoms with Crippen molar-refractivity contribution in [3.05, 3.63) is 21.8 Å². The van der Waals surface area contributed by atoms with Gasteiger partial charge >= 0.3 is 6.03 Å². The Labute approximate surface area is 277 Å². The fourth-order valence-electron chi connectivity index (χ4n) is 3.41. The van der Waals surface area contributed by atoms with E-state index in [1.807, 2.05) is 45.2 Å². The molecule has 15 nitrogen and oxygen atoms in total. The number of nitrogens with zero attached hydrogens (tertiary/aromatic N) is 3. The lowest BCUT2D eigenvalue weighted by atomic mass is 10.1. The number of aliphatic hydroxyl groups excluding tert-OH is 8. The van der Waals surface area contributed by atoms with E-state index in [-0.39, 0.29) is 27.5 Å². The molecule has 9 N–H and O–H groups in total. The van der Waals surface area contributed by atoms with Crippen molar-refractivity contribution in [1.29, 1.82) is 0 Å². The second-order valence-electron chi connectivity index (χ2n) is 9.16. The maximum absolute atomic E-state index is 13.9. The van der Waals surface area contributed by atoms with Gasteiger partial charge < -0.3 is 60.9 Å². The van der Waals surface area contributed by atoms with Gasteiger partial charge in [-0.25, -0.2) is 4.79 Å². The smallest absolute Gasteiger partial charge is 0.321 e. The molecule has 1 rings (SSSR count). The first-order chi connectivity index (χ1) is 19.1. The highest BCUT2D eigenvalue weighted by Gasteiger charge is 2.34. The number of amides is 4. The molecule has 0 aliphatic heterocycles. The number of benzene rings is 1. The van der Waals surface area contributed by atoms with Gasteiger partial charge in [0, 0.05) is 43.8 Å². The second kappa shape index (κ2) is 18.2. The molecule has 0 saturated carbocycles. The monoisotopic (exact) mass is 924 g/mol. The molecular formula is C23H35I3N4O11. The summed E-state index contributed by atoms with van der Waals surface area (Å²) in [7, 11) is 2.95. The Kier molecular flexibility index (Phi) is 17.0. The zero-order chi connectivity index (χ0) is 31.6. The second-order valence-corrected chi connectivity index (χ2v) is 12.4. The number of urea groups is 1. The summed E-state index contributed by atoms with van der Waals surface area (Å²) in [6.07, 6.45) is -5.58. The fraction of sp³-hybridized carbons (Fsp3) is 0.609. The normalized spacial score (nSPS) is 14.2. The van der Waals surface area contributed by atoms with Crippen LogP contribution in [-0.4, -0.2) is 165 Å². The van der Waals surface area contributed by atoms with Gasteiger partial charge in [0.25, 0.3) is 11.8 Å². The van der Waals surface area contributed by atoms with Gasteiger partial charge in [0.15, 0.2) is 0 Å². The van der Waals surface area contributed by atoms with Crippen LogP contribution >= 0.6 is 67.8 Å². The summed E-state index contributed by atoms with van der Waals surface area (Å²) in [6.45, 7) is -4.58. The summed E-state index contributed by atoms with van der Waals surface area (Å²) in [4.78, 5) is 43.6. The van der Waals surface area contributed by atoms with Crippen molar-refractivity contribution in [2.75, 3.05) is 72.0 Å². The molecule has 41 heavy (non-hydrogen) atoms. The third-order valence-electron chi connectivity index (χ3n) is 5.52. The summed E-state index contributed by atoms with van der Waals surface area (Å²) in [5, 5.41) is 80.3. The first-order valence-electron chi connectivity index (χ1n) is 12.1. The van der Waals surface area contributed by atoms with Crippen molar-refractivity contribution in [2.24, 2.45) is 0 Å². The summed E-state index contributed by atoms with van der Waals surface area (Å²) >= 11 is 5.37. The standard InChI is InChI=1S/C23H35I3N4O11/c1-28(2)23(41)27-20-18(25)15(21(39)29(3-11(35)7-31)4-12(36)8-32)17(24)16(19(20)26)22(40)30(5-13(37)9-33)6-14(38)10-34/h11-14,31-38H,3-10H2,1-2H3,(H,27,41). The molecule has 4 unspecified atom stereocenters. The molecule has 1 aromatic rings. The Morgan fingerprint density at radius 3 is 1.17 bits per heavy atom. The molecule has 4 amide bonds. The zero-order valence-corrected chi connectivity index (χ0v) is 28.7. The van der Waals surface area contributed by atoms with E-state index in [4.69, 9.17) is 0 Å². The van der Waals surface area contributed by atoms with Gasteiger partial charge in [0.1, 0.15) is 0 Å². The lowest BCUT2D eigenvalue weighted by Crippen LogP contribution is -2.46. The molecule has 0 heterocycles. The van der Waals surface area contributed by atoms with Crippen molar-refractivity contribution in [3.63, 3.8) is 0 Å². The summed E-state index contributed by atoms with van der Waals surface area (Å²) < 4.78 is 0.484. The maximum Gasteiger partial charge on any atom is 0.321 e. The van der Waals surface area contributed by atoms with E-state index < -0.39 is 94.9 Å². The van der Waals surface area contributed by atoms with Crippen molar-refractivity contribution >= 4 is 91.3 Å². The first kappa shape index (κ1) is 38.3. The number of halogens is 3. The van der Waals surface area contributed by atoms with Gasteiger partial charge in [-0.2, -0.15) is 0 Å². The van der Waals surface area contributed by atoms with E-state index in [1.54, 1.807) is 22.6 Å². The van der Waals surface area contributed by atoms with Crippen molar-refractivity contribution in [1.82, 2.24) is 14.7 Å². The van der Waals surface area contributed by atoms with E-state index in [9.17, 15) is 55.2 Å². The number of aliphatic hydroxyl groups is 8. The number of anilines is 1. The van der Waals surface area contributed by atoms with Crippen LogP contribution in [-0.2, 0) is 0 Å². The van der Waals surface area contributed by atoms with E-state index >= 15 is 0 Å². The van der Waals surface area contributed by atoms with E-state index in [0.717, 1.165) is 9.80 Å². The lowest BCUT2D eigenvalue weighted by Gasteiger charge is -2.30.